The van der Waals surface area contributed by atoms with Crippen LogP contribution < -0.4 is 0 Å². The molecule has 1 aromatic carbocycles. The van der Waals surface area contributed by atoms with Crippen molar-refractivity contribution in [1.29, 1.82) is 0 Å². The van der Waals surface area contributed by atoms with E-state index in [9.17, 15) is 4.79 Å². The average Bonchev–Trinajstić information content (AvgIpc) is 2.71. The Kier molecular flexibility index (Phi) is 3.90. The monoisotopic (exact) mass is 261 g/mol. The second-order valence-electron chi connectivity index (χ2n) is 5.77. The van der Waals surface area contributed by atoms with Gasteiger partial charge in [0.15, 0.2) is 0 Å². The first-order valence-electron chi connectivity index (χ1n) is 6.47. The molecule has 1 N–H and O–H groups in total. The number of aromatic nitrogens is 1. The van der Waals surface area contributed by atoms with Crippen molar-refractivity contribution in [1.82, 2.24) is 4.98 Å². The van der Waals surface area contributed by atoms with Gasteiger partial charge in [-0.2, -0.15) is 0 Å². The fourth-order valence-electron chi connectivity index (χ4n) is 1.92. The number of carbonyl (C=O) groups is 1. The minimum atomic E-state index is -0.168. The molecule has 1 heterocycles. The van der Waals surface area contributed by atoms with Gasteiger partial charge in [-0.25, -0.2) is 0 Å². The smallest absolute Gasteiger partial charge is 0.310 e. The van der Waals surface area contributed by atoms with Gasteiger partial charge in [-0.15, -0.1) is 0 Å². The van der Waals surface area contributed by atoms with Gasteiger partial charge in [0.2, 0.25) is 0 Å². The lowest BCUT2D eigenvalue weighted by atomic mass is 10.1. The van der Waals surface area contributed by atoms with Crippen LogP contribution in [0.3, 0.4) is 0 Å². The van der Waals surface area contributed by atoms with Gasteiger partial charge in [-0.1, -0.05) is 18.2 Å². The maximum absolute atomic E-state index is 11.8. The number of hydrogen-bond acceptors (Lipinski definition) is 2. The number of para-hydroxylation sites is 1. The number of nitrogens with zero attached hydrogens (tertiary/aromatic N) is 1. The largest absolute Gasteiger partial charge is 0.459 e. The van der Waals surface area contributed by atoms with Gasteiger partial charge in [-0.05, 0) is 11.6 Å². The molecule has 0 aliphatic rings. The number of likely N-dealkylation sites (N-methyl/N-ethyl adjacent to an activating group) is 1. The number of esters is 1. The van der Waals surface area contributed by atoms with Crippen molar-refractivity contribution in [3.05, 3.63) is 36.0 Å². The van der Waals surface area contributed by atoms with E-state index in [0.717, 1.165) is 27.5 Å². The topological polar surface area (TPSA) is 42.1 Å². The number of aromatic amines is 1. The highest BCUT2D eigenvalue weighted by Crippen LogP contribution is 2.18. The summed E-state index contributed by atoms with van der Waals surface area (Å²) < 4.78 is 6.06. The van der Waals surface area contributed by atoms with Crippen LogP contribution in [0.5, 0.6) is 0 Å². The lowest BCUT2D eigenvalue weighted by molar-refractivity contribution is -0.870. The first-order valence-corrected chi connectivity index (χ1v) is 6.47. The maximum atomic E-state index is 11.8. The molecule has 2 rings (SSSR count). The zero-order valence-electron chi connectivity index (χ0n) is 11.8. The molecule has 0 saturated carbocycles. The van der Waals surface area contributed by atoms with E-state index in [1.165, 1.54) is 0 Å². The van der Waals surface area contributed by atoms with Crippen LogP contribution in [0.2, 0.25) is 0 Å². The number of H-pyrrole nitrogens is 1. The molecule has 0 fully saturated rings. The van der Waals surface area contributed by atoms with Crippen LogP contribution >= 0.6 is 0 Å². The van der Waals surface area contributed by atoms with E-state index in [1.807, 2.05) is 30.5 Å². The summed E-state index contributed by atoms with van der Waals surface area (Å²) in [5.41, 5.74) is 2.04. The van der Waals surface area contributed by atoms with E-state index in [0.29, 0.717) is 13.0 Å². The Hall–Kier alpha value is -1.81. The molecule has 0 bridgehead atoms. The van der Waals surface area contributed by atoms with Crippen LogP contribution in [-0.4, -0.2) is 49.7 Å². The summed E-state index contributed by atoms with van der Waals surface area (Å²) in [4.78, 5) is 15.0. The number of carbonyl (C=O) groups excluding carboxylic acids is 1. The maximum Gasteiger partial charge on any atom is 0.310 e. The summed E-state index contributed by atoms with van der Waals surface area (Å²) in [7, 11) is 6.23. The van der Waals surface area contributed by atoms with Gasteiger partial charge < -0.3 is 14.2 Å². The highest BCUT2D eigenvalue weighted by molar-refractivity contribution is 5.87. The second kappa shape index (κ2) is 5.45. The Bertz CT molecular complexity index is 567. The van der Waals surface area contributed by atoms with Crippen molar-refractivity contribution in [3.8, 4) is 0 Å². The average molecular weight is 261 g/mol. The number of quaternary nitrogens is 1. The molecule has 0 radical (unpaired) electrons. The quantitative estimate of drug-likeness (QED) is 0.660. The number of ether oxygens (including phenoxy) is 1. The Morgan fingerprint density at radius 2 is 2.00 bits per heavy atom. The molecular weight excluding hydrogens is 240 g/mol. The summed E-state index contributed by atoms with van der Waals surface area (Å²) in [5.74, 6) is -0.168. The Morgan fingerprint density at radius 3 is 2.74 bits per heavy atom. The van der Waals surface area contributed by atoms with Crippen LogP contribution in [0, 0.1) is 0 Å². The van der Waals surface area contributed by atoms with Crippen LogP contribution in [0.25, 0.3) is 10.9 Å². The molecule has 0 atom stereocenters. The third kappa shape index (κ3) is 3.83. The van der Waals surface area contributed by atoms with Gasteiger partial charge in [0.25, 0.3) is 0 Å². The van der Waals surface area contributed by atoms with Crippen molar-refractivity contribution in [3.63, 3.8) is 0 Å². The molecule has 4 nitrogen and oxygen atoms in total. The summed E-state index contributed by atoms with van der Waals surface area (Å²) in [6.45, 7) is 1.28. The van der Waals surface area contributed by atoms with Gasteiger partial charge in [0.1, 0.15) is 13.2 Å². The molecule has 0 spiro atoms. The first-order chi connectivity index (χ1) is 8.96. The number of rotatable bonds is 5. The standard InChI is InChI=1S/C15H21N2O2/c1-17(2,3)8-9-19-15(18)10-12-11-16-14-7-5-4-6-13(12)14/h4-7,11,16H,8-10H2,1-3H3/q+1. The minimum Gasteiger partial charge on any atom is -0.459 e. The number of hydrogen-bond donors (Lipinski definition) is 1. The van der Waals surface area contributed by atoms with Crippen molar-refractivity contribution in [2.24, 2.45) is 0 Å². The molecule has 0 aliphatic heterocycles. The summed E-state index contributed by atoms with van der Waals surface area (Å²) >= 11 is 0. The summed E-state index contributed by atoms with van der Waals surface area (Å²) in [6, 6.07) is 7.96. The number of benzene rings is 1. The summed E-state index contributed by atoms with van der Waals surface area (Å²) in [5, 5.41) is 1.09. The first kappa shape index (κ1) is 13.6. The van der Waals surface area contributed by atoms with Gasteiger partial charge in [-0.3, -0.25) is 4.79 Å². The molecular formula is C15H21N2O2+. The van der Waals surface area contributed by atoms with Crippen LogP contribution in [0.15, 0.2) is 30.5 Å². The fourth-order valence-corrected chi connectivity index (χ4v) is 1.92. The van der Waals surface area contributed by atoms with Crippen molar-refractivity contribution >= 4 is 16.9 Å². The third-order valence-electron chi connectivity index (χ3n) is 3.03. The Morgan fingerprint density at radius 1 is 1.26 bits per heavy atom. The van der Waals surface area contributed by atoms with Crippen molar-refractivity contribution in [2.45, 2.75) is 6.42 Å². The lowest BCUT2D eigenvalue weighted by Crippen LogP contribution is -2.38. The van der Waals surface area contributed by atoms with Gasteiger partial charge in [0.05, 0.1) is 27.6 Å². The molecule has 0 unspecified atom stereocenters. The molecule has 102 valence electrons. The van der Waals surface area contributed by atoms with Gasteiger partial charge >= 0.3 is 5.97 Å². The normalized spacial score (nSPS) is 11.7. The second-order valence-corrected chi connectivity index (χ2v) is 5.77. The molecule has 2 aromatic rings. The highest BCUT2D eigenvalue weighted by Gasteiger charge is 2.12. The highest BCUT2D eigenvalue weighted by atomic mass is 16.5. The molecule has 0 aliphatic carbocycles. The van der Waals surface area contributed by atoms with E-state index in [4.69, 9.17) is 4.74 Å². The molecule has 4 heteroatoms. The SMILES string of the molecule is C[N+](C)(C)CCOC(=O)Cc1c[nH]c2ccccc12. The van der Waals surface area contributed by atoms with Crippen molar-refractivity contribution in [2.75, 3.05) is 34.3 Å². The van der Waals surface area contributed by atoms with Crippen molar-refractivity contribution < 1.29 is 14.0 Å². The fraction of sp³-hybridized carbons (Fsp3) is 0.400. The third-order valence-corrected chi connectivity index (χ3v) is 3.03. The predicted octanol–water partition coefficient (Wildman–Crippen LogP) is 1.96. The molecule has 0 saturated heterocycles. The van der Waals surface area contributed by atoms with Crippen LogP contribution in [0.1, 0.15) is 5.56 Å². The molecule has 19 heavy (non-hydrogen) atoms. The zero-order chi connectivity index (χ0) is 13.9. The predicted molar refractivity (Wildman–Crippen MR) is 75.9 cm³/mol. The van der Waals surface area contributed by atoms with E-state index < -0.39 is 0 Å². The molecule has 1 aromatic heterocycles. The van der Waals surface area contributed by atoms with Gasteiger partial charge in [0, 0.05) is 17.1 Å². The van der Waals surface area contributed by atoms with Crippen LogP contribution in [-0.2, 0) is 16.0 Å². The zero-order valence-corrected chi connectivity index (χ0v) is 11.8. The minimum absolute atomic E-state index is 0.168. The number of nitrogens with one attached hydrogen (secondary N) is 1. The summed E-state index contributed by atoms with van der Waals surface area (Å²) in [6.07, 6.45) is 2.20. The Balaban J connectivity index is 1.92. The van der Waals surface area contributed by atoms with E-state index in [2.05, 4.69) is 26.1 Å². The van der Waals surface area contributed by atoms with E-state index in [1.54, 1.807) is 0 Å². The molecule has 0 amide bonds. The van der Waals surface area contributed by atoms with E-state index in [-0.39, 0.29) is 5.97 Å². The van der Waals surface area contributed by atoms with E-state index >= 15 is 0 Å². The number of fused-ring (bicyclic) bond motifs is 1. The Labute approximate surface area is 113 Å². The van der Waals surface area contributed by atoms with Crippen LogP contribution in [0.4, 0.5) is 0 Å². The lowest BCUT2D eigenvalue weighted by Gasteiger charge is -2.23.